The van der Waals surface area contributed by atoms with E-state index in [0.29, 0.717) is 17.8 Å². The van der Waals surface area contributed by atoms with Crippen molar-refractivity contribution in [2.75, 3.05) is 6.61 Å². The van der Waals surface area contributed by atoms with E-state index < -0.39 is 5.41 Å². The zero-order chi connectivity index (χ0) is 16.9. The van der Waals surface area contributed by atoms with Gasteiger partial charge in [-0.15, -0.1) is 0 Å². The maximum atomic E-state index is 12.6. The zero-order valence-corrected chi connectivity index (χ0v) is 15.9. The fourth-order valence-electron chi connectivity index (χ4n) is 3.47. The fraction of sp³-hybridized carbons (Fsp3) is 0.579. The minimum absolute atomic E-state index is 0.0644. The molecule has 0 heterocycles. The first-order chi connectivity index (χ1) is 11.0. The first-order valence-corrected chi connectivity index (χ1v) is 10.3. The molecule has 3 atom stereocenters. The molecule has 4 heteroatoms. The summed E-state index contributed by atoms with van der Waals surface area (Å²) in [5.74, 6) is -0.167. The molecule has 1 aliphatic rings. The summed E-state index contributed by atoms with van der Waals surface area (Å²) in [6.07, 6.45) is 3.32. The quantitative estimate of drug-likeness (QED) is 0.432. The van der Waals surface area contributed by atoms with E-state index >= 15 is 0 Å². The van der Waals surface area contributed by atoms with E-state index in [0.717, 1.165) is 19.3 Å². The summed E-state index contributed by atoms with van der Waals surface area (Å²) in [7, 11) is 0. The molecule has 126 valence electrons. The number of carbonyl (C=O) groups excluding carboxylic acids is 2. The Balaban J connectivity index is 2.27. The number of Topliss-reactive ketones (excluding diaryl/α,β-unsaturated/α-hetero) is 1. The van der Waals surface area contributed by atoms with Crippen molar-refractivity contribution in [3.8, 4) is 0 Å². The van der Waals surface area contributed by atoms with Crippen LogP contribution >= 0.6 is 0 Å². The van der Waals surface area contributed by atoms with Gasteiger partial charge in [-0.25, -0.2) is 0 Å². The van der Waals surface area contributed by atoms with Crippen LogP contribution in [0.25, 0.3) is 0 Å². The SMILES string of the molecule is CCOC(=O)[C@@]1(C)C(=O)CCC[C@@H]1[C@@H](CC)[Se]c1ccccc1. The molecule has 0 aromatic heterocycles. The molecule has 0 amide bonds. The number of carbonyl (C=O) groups is 2. The van der Waals surface area contributed by atoms with Crippen molar-refractivity contribution in [2.24, 2.45) is 11.3 Å². The molecule has 0 N–H and O–H groups in total. The Kier molecular flexibility index (Phi) is 6.43. The fourth-order valence-corrected chi connectivity index (χ4v) is 6.41. The molecule has 0 unspecified atom stereocenters. The molecule has 0 saturated heterocycles. The number of benzene rings is 1. The Morgan fingerprint density at radius 3 is 2.65 bits per heavy atom. The monoisotopic (exact) mass is 382 g/mol. The molecule has 0 spiro atoms. The molecule has 1 aromatic rings. The summed E-state index contributed by atoms with van der Waals surface area (Å²) in [5, 5.41) is 0. The summed E-state index contributed by atoms with van der Waals surface area (Å²) in [6.45, 7) is 6.12. The van der Waals surface area contributed by atoms with E-state index in [-0.39, 0.29) is 32.6 Å². The Hall–Kier alpha value is -1.12. The molecule has 3 nitrogen and oxygen atoms in total. The van der Waals surface area contributed by atoms with Gasteiger partial charge in [0.05, 0.1) is 0 Å². The van der Waals surface area contributed by atoms with E-state index in [1.807, 2.05) is 13.0 Å². The van der Waals surface area contributed by atoms with Gasteiger partial charge >= 0.3 is 145 Å². The van der Waals surface area contributed by atoms with Gasteiger partial charge in [0, 0.05) is 0 Å². The van der Waals surface area contributed by atoms with Crippen LogP contribution in [0, 0.1) is 11.3 Å². The standard InChI is InChI=1S/C19H26O3Se/c1-4-16(23-14-10-7-6-8-11-14)15-12-9-13-17(20)19(15,3)18(21)22-5-2/h6-8,10-11,15-16H,4-5,9,12-13H2,1-3H3/t15-,16-,19-/m1/s1. The van der Waals surface area contributed by atoms with Gasteiger partial charge < -0.3 is 0 Å². The second-order valence-electron chi connectivity index (χ2n) is 6.22. The van der Waals surface area contributed by atoms with Crippen LogP contribution in [0.4, 0.5) is 0 Å². The Morgan fingerprint density at radius 2 is 2.04 bits per heavy atom. The molecule has 23 heavy (non-hydrogen) atoms. The van der Waals surface area contributed by atoms with Gasteiger partial charge in [0.15, 0.2) is 0 Å². The van der Waals surface area contributed by atoms with Crippen LogP contribution in [0.15, 0.2) is 30.3 Å². The van der Waals surface area contributed by atoms with Crippen molar-refractivity contribution in [1.82, 2.24) is 0 Å². The first kappa shape index (κ1) is 18.2. The zero-order valence-electron chi connectivity index (χ0n) is 14.2. The van der Waals surface area contributed by atoms with Crippen LogP contribution in [-0.4, -0.2) is 33.3 Å². The summed E-state index contributed by atoms with van der Waals surface area (Å²) < 4.78 is 6.61. The third-order valence-electron chi connectivity index (χ3n) is 4.82. The molecule has 1 aromatic carbocycles. The number of esters is 1. The molecule has 0 radical (unpaired) electrons. The van der Waals surface area contributed by atoms with Gasteiger partial charge in [0.25, 0.3) is 0 Å². The van der Waals surface area contributed by atoms with Gasteiger partial charge in [-0.1, -0.05) is 0 Å². The number of rotatable bonds is 6. The second-order valence-corrected chi connectivity index (χ2v) is 8.98. The minimum atomic E-state index is -0.967. The van der Waals surface area contributed by atoms with Crippen molar-refractivity contribution in [2.45, 2.75) is 51.3 Å². The van der Waals surface area contributed by atoms with Gasteiger partial charge in [0.2, 0.25) is 0 Å². The Morgan fingerprint density at radius 1 is 1.35 bits per heavy atom. The Labute approximate surface area is 145 Å². The van der Waals surface area contributed by atoms with Crippen LogP contribution in [0.1, 0.15) is 46.5 Å². The van der Waals surface area contributed by atoms with Gasteiger partial charge in [-0.2, -0.15) is 0 Å². The third kappa shape index (κ3) is 3.87. The maximum absolute atomic E-state index is 12.6. The Bertz CT molecular complexity index is 543. The predicted octanol–water partition coefficient (Wildman–Crippen LogP) is 3.15. The summed E-state index contributed by atoms with van der Waals surface area (Å²) >= 11 is 0.256. The molecule has 1 fully saturated rings. The normalized spacial score (nSPS) is 25.9. The summed E-state index contributed by atoms with van der Waals surface area (Å²) in [6, 6.07) is 10.4. The van der Waals surface area contributed by atoms with Crippen LogP contribution < -0.4 is 4.46 Å². The van der Waals surface area contributed by atoms with Crippen LogP contribution in [0.3, 0.4) is 0 Å². The van der Waals surface area contributed by atoms with E-state index in [1.165, 1.54) is 4.46 Å². The van der Waals surface area contributed by atoms with E-state index in [2.05, 4.69) is 31.2 Å². The topological polar surface area (TPSA) is 43.4 Å². The number of ether oxygens (including phenoxy) is 1. The summed E-state index contributed by atoms with van der Waals surface area (Å²) in [5.41, 5.74) is -0.967. The van der Waals surface area contributed by atoms with Gasteiger partial charge in [0.1, 0.15) is 0 Å². The van der Waals surface area contributed by atoms with Crippen molar-refractivity contribution in [1.29, 1.82) is 0 Å². The number of ketones is 1. The molecule has 1 saturated carbocycles. The third-order valence-corrected chi connectivity index (χ3v) is 7.99. The van der Waals surface area contributed by atoms with Gasteiger partial charge in [-0.3, -0.25) is 0 Å². The van der Waals surface area contributed by atoms with Crippen molar-refractivity contribution >= 4 is 31.2 Å². The molecule has 0 aliphatic heterocycles. The number of hydrogen-bond acceptors (Lipinski definition) is 3. The van der Waals surface area contributed by atoms with Crippen molar-refractivity contribution in [3.63, 3.8) is 0 Å². The van der Waals surface area contributed by atoms with E-state index in [4.69, 9.17) is 4.74 Å². The predicted molar refractivity (Wildman–Crippen MR) is 93.0 cm³/mol. The van der Waals surface area contributed by atoms with Crippen LogP contribution in [0.2, 0.25) is 4.82 Å². The van der Waals surface area contributed by atoms with Crippen LogP contribution in [-0.2, 0) is 14.3 Å². The second kappa shape index (κ2) is 8.12. The molecular weight excluding hydrogens is 355 g/mol. The van der Waals surface area contributed by atoms with Gasteiger partial charge in [-0.05, 0) is 0 Å². The average molecular weight is 381 g/mol. The molecule has 2 rings (SSSR count). The first-order valence-electron chi connectivity index (χ1n) is 8.46. The number of hydrogen-bond donors (Lipinski definition) is 0. The van der Waals surface area contributed by atoms with Crippen LogP contribution in [0.5, 0.6) is 0 Å². The molecular formula is C19H26O3Se. The summed E-state index contributed by atoms with van der Waals surface area (Å²) in [4.78, 5) is 25.6. The van der Waals surface area contributed by atoms with Crippen molar-refractivity contribution in [3.05, 3.63) is 30.3 Å². The average Bonchev–Trinajstić information content (AvgIpc) is 2.56. The van der Waals surface area contributed by atoms with E-state index in [1.54, 1.807) is 6.92 Å². The van der Waals surface area contributed by atoms with E-state index in [9.17, 15) is 9.59 Å². The molecule has 0 bridgehead atoms. The van der Waals surface area contributed by atoms with Crippen molar-refractivity contribution < 1.29 is 14.3 Å². The molecule has 1 aliphatic carbocycles.